The summed E-state index contributed by atoms with van der Waals surface area (Å²) in [6.45, 7) is 0. The van der Waals surface area contributed by atoms with E-state index in [0.717, 1.165) is 19.2 Å². The lowest BCUT2D eigenvalue weighted by atomic mass is 10.1. The van der Waals surface area contributed by atoms with E-state index in [9.17, 15) is 35.5 Å². The number of methoxy groups -OCH3 is 1. The first-order valence-corrected chi connectivity index (χ1v) is 6.36. The van der Waals surface area contributed by atoms with E-state index in [1.54, 1.807) is 0 Å². The topological polar surface area (TPSA) is 35.5 Å². The van der Waals surface area contributed by atoms with Gasteiger partial charge in [-0.15, -0.1) is 0 Å². The summed E-state index contributed by atoms with van der Waals surface area (Å²) in [7, 11) is 1.11. The summed E-state index contributed by atoms with van der Waals surface area (Å²) >= 11 is 0. The minimum absolute atomic E-state index is 0.0514. The summed E-state index contributed by atoms with van der Waals surface area (Å²) in [4.78, 5) is 10.7. The van der Waals surface area contributed by atoms with Crippen LogP contribution in [0.25, 0.3) is 0 Å². The Morgan fingerprint density at radius 2 is 1.48 bits per heavy atom. The van der Waals surface area contributed by atoms with Gasteiger partial charge in [0.25, 0.3) is 0 Å². The Kier molecular flexibility index (Phi) is 4.91. The number of benzene rings is 2. The highest BCUT2D eigenvalue weighted by Crippen LogP contribution is 2.41. The average Bonchev–Trinajstić information content (AvgIpc) is 2.55. The van der Waals surface area contributed by atoms with Crippen LogP contribution < -0.4 is 9.47 Å². The number of halogens is 7. The van der Waals surface area contributed by atoms with Crippen molar-refractivity contribution in [3.8, 4) is 17.2 Å². The van der Waals surface area contributed by atoms with Crippen LogP contribution in [0, 0.1) is 23.3 Å². The predicted octanol–water partition coefficient (Wildman–Crippen LogP) is 4.88. The van der Waals surface area contributed by atoms with E-state index in [4.69, 9.17) is 4.74 Å². The molecule has 0 aliphatic carbocycles. The zero-order chi connectivity index (χ0) is 18.9. The first kappa shape index (κ1) is 18.6. The molecule has 0 fully saturated rings. The van der Waals surface area contributed by atoms with Crippen molar-refractivity contribution in [1.29, 1.82) is 0 Å². The van der Waals surface area contributed by atoms with Crippen molar-refractivity contribution in [3.63, 3.8) is 0 Å². The van der Waals surface area contributed by atoms with E-state index in [0.29, 0.717) is 6.29 Å². The van der Waals surface area contributed by atoms with Crippen LogP contribution in [0.2, 0.25) is 0 Å². The van der Waals surface area contributed by atoms with Gasteiger partial charge >= 0.3 is 6.18 Å². The molecule has 0 aromatic heterocycles. The van der Waals surface area contributed by atoms with Crippen molar-refractivity contribution in [2.75, 3.05) is 7.11 Å². The van der Waals surface area contributed by atoms with E-state index >= 15 is 0 Å². The molecule has 0 aliphatic rings. The van der Waals surface area contributed by atoms with E-state index in [2.05, 4.69) is 4.74 Å². The number of alkyl halides is 3. The standard InChI is InChI=1S/C15H7F7O3/c1-24-7-3-2-6(5-23)4-8(7)25-14-12(18)10(16)9(15(20,21)22)11(17)13(14)19/h2-5H,1H3. The van der Waals surface area contributed by atoms with Gasteiger partial charge in [0.2, 0.25) is 17.4 Å². The Bertz CT molecular complexity index is 802. The van der Waals surface area contributed by atoms with Crippen molar-refractivity contribution < 1.29 is 45.0 Å². The summed E-state index contributed by atoms with van der Waals surface area (Å²) < 4.78 is 102. The summed E-state index contributed by atoms with van der Waals surface area (Å²) in [5.74, 6) is -12.6. The largest absolute Gasteiger partial charge is 0.493 e. The third-order valence-electron chi connectivity index (χ3n) is 3.04. The van der Waals surface area contributed by atoms with Crippen LogP contribution in [0.15, 0.2) is 18.2 Å². The third kappa shape index (κ3) is 3.37. The second-order valence-corrected chi connectivity index (χ2v) is 4.59. The molecule has 0 radical (unpaired) electrons. The molecule has 2 aromatic carbocycles. The number of aldehydes is 1. The molecule has 2 rings (SSSR count). The molecule has 0 spiro atoms. The lowest BCUT2D eigenvalue weighted by molar-refractivity contribution is -0.143. The van der Waals surface area contributed by atoms with Crippen molar-refractivity contribution in [3.05, 3.63) is 52.6 Å². The lowest BCUT2D eigenvalue weighted by Gasteiger charge is -2.15. The van der Waals surface area contributed by atoms with Crippen molar-refractivity contribution >= 4 is 6.29 Å². The Hall–Kier alpha value is -2.78. The number of hydrogen-bond donors (Lipinski definition) is 0. The fourth-order valence-electron chi connectivity index (χ4n) is 1.91. The normalized spacial score (nSPS) is 11.4. The maximum Gasteiger partial charge on any atom is 0.422 e. The number of hydrogen-bond acceptors (Lipinski definition) is 3. The SMILES string of the molecule is COc1ccc(C=O)cc1Oc1c(F)c(F)c(C(F)(F)F)c(F)c1F. The molecule has 0 aliphatic heterocycles. The molecule has 0 amide bonds. The highest BCUT2D eigenvalue weighted by atomic mass is 19.4. The van der Waals surface area contributed by atoms with Crippen molar-refractivity contribution in [2.45, 2.75) is 6.18 Å². The van der Waals surface area contributed by atoms with Crippen LogP contribution >= 0.6 is 0 Å². The molecule has 0 saturated carbocycles. The van der Waals surface area contributed by atoms with Crippen LogP contribution in [0.4, 0.5) is 30.7 Å². The van der Waals surface area contributed by atoms with Crippen molar-refractivity contribution in [2.24, 2.45) is 0 Å². The van der Waals surface area contributed by atoms with Crippen LogP contribution in [-0.2, 0) is 6.18 Å². The van der Waals surface area contributed by atoms with Crippen LogP contribution in [0.1, 0.15) is 15.9 Å². The number of ether oxygens (including phenoxy) is 2. The Morgan fingerprint density at radius 3 is 1.92 bits per heavy atom. The van der Waals surface area contributed by atoms with Gasteiger partial charge < -0.3 is 9.47 Å². The smallest absolute Gasteiger partial charge is 0.422 e. The Morgan fingerprint density at radius 1 is 0.920 bits per heavy atom. The molecule has 25 heavy (non-hydrogen) atoms. The van der Waals surface area contributed by atoms with Gasteiger partial charge in [-0.05, 0) is 18.2 Å². The van der Waals surface area contributed by atoms with Crippen LogP contribution in [0.3, 0.4) is 0 Å². The molecule has 134 valence electrons. The molecule has 0 bridgehead atoms. The molecular formula is C15H7F7O3. The third-order valence-corrected chi connectivity index (χ3v) is 3.04. The molecule has 2 aromatic rings. The highest BCUT2D eigenvalue weighted by Gasteiger charge is 2.43. The number of carbonyl (C=O) groups excluding carboxylic acids is 1. The van der Waals surface area contributed by atoms with E-state index in [-0.39, 0.29) is 11.3 Å². The molecule has 0 unspecified atom stereocenters. The molecule has 3 nitrogen and oxygen atoms in total. The summed E-state index contributed by atoms with van der Waals surface area (Å²) in [5, 5.41) is 0. The van der Waals surface area contributed by atoms with Gasteiger partial charge in [-0.3, -0.25) is 4.79 Å². The minimum Gasteiger partial charge on any atom is -0.493 e. The molecule has 0 heterocycles. The monoisotopic (exact) mass is 368 g/mol. The maximum absolute atomic E-state index is 13.8. The van der Waals surface area contributed by atoms with Gasteiger partial charge in [-0.1, -0.05) is 0 Å². The first-order chi connectivity index (χ1) is 11.6. The molecule has 10 heteroatoms. The van der Waals surface area contributed by atoms with Gasteiger partial charge in [0.15, 0.2) is 23.1 Å². The highest BCUT2D eigenvalue weighted by molar-refractivity contribution is 5.76. The first-order valence-electron chi connectivity index (χ1n) is 6.36. The van der Waals surface area contributed by atoms with Gasteiger partial charge in [-0.2, -0.15) is 22.0 Å². The molecule has 0 N–H and O–H groups in total. The zero-order valence-corrected chi connectivity index (χ0v) is 12.2. The maximum atomic E-state index is 13.8. The van der Waals surface area contributed by atoms with Crippen LogP contribution in [0.5, 0.6) is 17.2 Å². The Balaban J connectivity index is 2.65. The Labute approximate surface area is 135 Å². The zero-order valence-electron chi connectivity index (χ0n) is 12.2. The second-order valence-electron chi connectivity index (χ2n) is 4.59. The van der Waals surface area contributed by atoms with Gasteiger partial charge in [0.05, 0.1) is 7.11 Å². The summed E-state index contributed by atoms with van der Waals surface area (Å²) in [6.07, 6.45) is -5.34. The molecule has 0 atom stereocenters. The number of rotatable bonds is 4. The van der Waals surface area contributed by atoms with Gasteiger partial charge in [0, 0.05) is 5.56 Å². The van der Waals surface area contributed by atoms with Gasteiger partial charge in [-0.25, -0.2) is 8.78 Å². The molecule has 0 saturated heterocycles. The summed E-state index contributed by atoms with van der Waals surface area (Å²) in [6, 6.07) is 3.29. The van der Waals surface area contributed by atoms with Gasteiger partial charge in [0.1, 0.15) is 11.8 Å². The van der Waals surface area contributed by atoms with Crippen LogP contribution in [-0.4, -0.2) is 13.4 Å². The second kappa shape index (κ2) is 6.61. The van der Waals surface area contributed by atoms with E-state index in [1.807, 2.05) is 0 Å². The number of carbonyl (C=O) groups is 1. The molecular weight excluding hydrogens is 361 g/mol. The average molecular weight is 368 g/mol. The fourth-order valence-corrected chi connectivity index (χ4v) is 1.91. The fraction of sp³-hybridized carbons (Fsp3) is 0.133. The van der Waals surface area contributed by atoms with Crippen molar-refractivity contribution in [1.82, 2.24) is 0 Å². The summed E-state index contributed by atoms with van der Waals surface area (Å²) in [5.41, 5.74) is -2.77. The van der Waals surface area contributed by atoms with E-state index < -0.39 is 46.5 Å². The predicted molar refractivity (Wildman–Crippen MR) is 69.7 cm³/mol. The lowest BCUT2D eigenvalue weighted by Crippen LogP contribution is -2.15. The minimum atomic E-state index is -5.66. The van der Waals surface area contributed by atoms with E-state index in [1.165, 1.54) is 6.07 Å². The quantitative estimate of drug-likeness (QED) is 0.439.